The predicted molar refractivity (Wildman–Crippen MR) is 400 cm³/mol. The van der Waals surface area contributed by atoms with Crippen molar-refractivity contribution in [1.29, 1.82) is 0 Å². The molecule has 0 amide bonds. The standard InChI is InChI=1S/C80H164N12/c1-17-69-41-25-57(9)61(13)29-45-77-46-30-62(14)58(10)26-42-71(19-3)83-87-75(23-7)51-35-66-36-52-76(24-8)88-84-72(20-4)44-28-60(12)64(16)32-48-78-47-31-63(15)59(11)27-43-70(18-2)82-86-74(22-6)50-34-65(33-49-73(21-5)85-81-69)67-37-53-79(91-89-77)55-39-68(66)40-56-80(54-38-67)92-90-78/h57-92H,17-56H2,1-16H3/t57-,58?,59+,60?,61?,62-,63?,64+,65?,66?,67?,68?,69?,70?,71?,72?,73?,74?,75?,76?,77?,78?,79?,80?. The molecule has 12 heteroatoms. The van der Waals surface area contributed by atoms with Crippen LogP contribution in [0.1, 0.15) is 368 Å². The Balaban J connectivity index is 1.67. The first-order chi connectivity index (χ1) is 44.5. The van der Waals surface area contributed by atoms with Crippen molar-refractivity contribution in [3.05, 3.63) is 0 Å². The number of nitrogens with one attached hydrogen (secondary N) is 12. The van der Waals surface area contributed by atoms with Gasteiger partial charge in [0, 0.05) is 72.5 Å². The molecule has 5 rings (SSSR count). The maximum Gasteiger partial charge on any atom is 0.0213 e. The van der Waals surface area contributed by atoms with E-state index in [9.17, 15) is 0 Å². The lowest BCUT2D eigenvalue weighted by molar-refractivity contribution is 0.165. The van der Waals surface area contributed by atoms with Crippen molar-refractivity contribution in [2.45, 2.75) is 440 Å². The van der Waals surface area contributed by atoms with Crippen molar-refractivity contribution in [3.8, 4) is 0 Å². The van der Waals surface area contributed by atoms with Crippen LogP contribution < -0.4 is 65.1 Å². The van der Waals surface area contributed by atoms with Gasteiger partial charge in [-0.25, -0.2) is 0 Å². The molecule has 0 aromatic rings. The van der Waals surface area contributed by atoms with Crippen molar-refractivity contribution in [2.75, 3.05) is 0 Å². The highest BCUT2D eigenvalue weighted by Crippen LogP contribution is 2.39. The summed E-state index contributed by atoms with van der Waals surface area (Å²) in [5, 5.41) is 0. The monoisotopic (exact) mass is 1290 g/mol. The Morgan fingerprint density at radius 2 is 0.272 bits per heavy atom. The summed E-state index contributed by atoms with van der Waals surface area (Å²) < 4.78 is 0. The molecule has 24 atom stereocenters. The average Bonchev–Trinajstić information content (AvgIpc) is 1.97. The minimum absolute atomic E-state index is 0.455. The zero-order chi connectivity index (χ0) is 66.6. The van der Waals surface area contributed by atoms with Crippen LogP contribution in [-0.2, 0) is 0 Å². The molecule has 0 radical (unpaired) electrons. The van der Waals surface area contributed by atoms with E-state index in [0.717, 1.165) is 0 Å². The van der Waals surface area contributed by atoms with Gasteiger partial charge in [0.2, 0.25) is 0 Å². The van der Waals surface area contributed by atoms with Gasteiger partial charge in [0.25, 0.3) is 0 Å². The van der Waals surface area contributed by atoms with Crippen molar-refractivity contribution < 1.29 is 0 Å². The number of rotatable bonds is 8. The Morgan fingerprint density at radius 1 is 0.152 bits per heavy atom. The van der Waals surface area contributed by atoms with Crippen LogP contribution in [0.15, 0.2) is 0 Å². The third-order valence-electron chi connectivity index (χ3n) is 27.0. The molecule has 5 aliphatic rings. The number of hydrazine groups is 6. The van der Waals surface area contributed by atoms with Gasteiger partial charge in [-0.05, 0) is 328 Å². The molecule has 0 aromatic carbocycles. The van der Waals surface area contributed by atoms with Gasteiger partial charge in [-0.2, -0.15) is 0 Å². The lowest BCUT2D eigenvalue weighted by atomic mass is 9.74. The fraction of sp³-hybridized carbons (Fsp3) is 1.00. The summed E-state index contributed by atoms with van der Waals surface area (Å²) in [6.07, 6.45) is 50.2. The van der Waals surface area contributed by atoms with Gasteiger partial charge in [-0.3, -0.25) is 65.1 Å². The topological polar surface area (TPSA) is 144 Å². The molecular weight excluding hydrogens is 1130 g/mol. The van der Waals surface area contributed by atoms with E-state index in [-0.39, 0.29) is 0 Å². The summed E-state index contributed by atoms with van der Waals surface area (Å²) >= 11 is 0. The SMILES string of the molecule is CCC1CCC2CCC(CC)NNC(CC)CCC(C)[C@@H](C)CCC3CCC(C)[C@@H](C)CCC(CC)NNC(CC)CCC4CCC(CC)NNC(CC)CC[C@@H](C)C(C)CCC(CC[C@@H](C)C(C)CCC(CC)NN1)NNC1CCC2CCC(CCC4CC1)NN3. The summed E-state index contributed by atoms with van der Waals surface area (Å²) in [5.74, 6) is 8.41. The maximum absolute atomic E-state index is 4.38. The number of fused-ring (bicyclic) bond motifs is 8. The first kappa shape index (κ1) is 82.2. The summed E-state index contributed by atoms with van der Waals surface area (Å²) in [5.41, 5.74) is 49.6. The molecule has 92 heavy (non-hydrogen) atoms. The zero-order valence-corrected chi connectivity index (χ0v) is 64.1. The van der Waals surface area contributed by atoms with E-state index in [1.165, 1.54) is 257 Å². The molecule has 12 N–H and O–H groups in total. The van der Waals surface area contributed by atoms with Gasteiger partial charge in [-0.1, -0.05) is 111 Å². The van der Waals surface area contributed by atoms with Crippen LogP contribution in [0.4, 0.5) is 0 Å². The summed E-state index contributed by atoms with van der Waals surface area (Å²) in [6.45, 7) is 40.0. The second kappa shape index (κ2) is 47.5. The highest BCUT2D eigenvalue weighted by Gasteiger charge is 2.33. The second-order valence-electron chi connectivity index (χ2n) is 33.5. The highest BCUT2D eigenvalue weighted by atomic mass is 15.4. The van der Waals surface area contributed by atoms with Crippen LogP contribution in [0.2, 0.25) is 0 Å². The number of hydrogen-bond donors (Lipinski definition) is 12. The van der Waals surface area contributed by atoms with Crippen molar-refractivity contribution in [1.82, 2.24) is 65.1 Å². The third kappa shape index (κ3) is 31.4. The molecule has 1 aliphatic carbocycles. The molecule has 4 aliphatic heterocycles. The van der Waals surface area contributed by atoms with Crippen LogP contribution in [0, 0.1) is 71.0 Å². The van der Waals surface area contributed by atoms with E-state index in [1.54, 1.807) is 0 Å². The fourth-order valence-corrected chi connectivity index (χ4v) is 17.4. The Bertz CT molecular complexity index is 1540. The van der Waals surface area contributed by atoms with Gasteiger partial charge < -0.3 is 0 Å². The predicted octanol–water partition coefficient (Wildman–Crippen LogP) is 18.4. The van der Waals surface area contributed by atoms with Gasteiger partial charge in [0.15, 0.2) is 0 Å². The molecule has 5 fully saturated rings. The molecule has 0 aromatic heterocycles. The smallest absolute Gasteiger partial charge is 0.0213 e. The minimum Gasteiger partial charge on any atom is -0.255 e. The molecule has 1 saturated carbocycles. The number of hydrogen-bond acceptors (Lipinski definition) is 12. The third-order valence-corrected chi connectivity index (χ3v) is 27.0. The summed E-state index contributed by atoms with van der Waals surface area (Å²) in [4.78, 5) is 0. The van der Waals surface area contributed by atoms with Gasteiger partial charge in [0.05, 0.1) is 0 Å². The molecular formula is C80H164N12. The lowest BCUT2D eigenvalue weighted by Gasteiger charge is -2.37. The van der Waals surface area contributed by atoms with Crippen molar-refractivity contribution in [3.63, 3.8) is 0 Å². The summed E-state index contributed by atoms with van der Waals surface area (Å²) in [6, 6.07) is 5.82. The van der Waals surface area contributed by atoms with Crippen molar-refractivity contribution in [2.24, 2.45) is 71.0 Å². The minimum atomic E-state index is 0.455. The Labute approximate surface area is 573 Å². The maximum atomic E-state index is 4.38. The first-order valence-electron chi connectivity index (χ1n) is 41.6. The molecule has 4 saturated heterocycles. The largest absolute Gasteiger partial charge is 0.255 e. The quantitative estimate of drug-likeness (QED) is 0.112. The molecule has 0 spiro atoms. The highest BCUT2D eigenvalue weighted by molar-refractivity contribution is 4.88. The van der Waals surface area contributed by atoms with Crippen LogP contribution in [0.25, 0.3) is 0 Å². The fourth-order valence-electron chi connectivity index (χ4n) is 17.4. The average molecular weight is 1290 g/mol. The van der Waals surface area contributed by atoms with Gasteiger partial charge in [-0.15, -0.1) is 0 Å². The summed E-state index contributed by atoms with van der Waals surface area (Å²) in [7, 11) is 0. The van der Waals surface area contributed by atoms with E-state index < -0.39 is 0 Å². The van der Waals surface area contributed by atoms with Gasteiger partial charge >= 0.3 is 0 Å². The van der Waals surface area contributed by atoms with Gasteiger partial charge in [0.1, 0.15) is 0 Å². The molecule has 6 bridgehead atoms. The van der Waals surface area contributed by atoms with E-state index in [2.05, 4.69) is 176 Å². The van der Waals surface area contributed by atoms with E-state index >= 15 is 0 Å². The first-order valence-corrected chi connectivity index (χ1v) is 41.6. The Hall–Kier alpha value is -0.480. The molecule has 544 valence electrons. The van der Waals surface area contributed by atoms with Crippen molar-refractivity contribution >= 4 is 0 Å². The zero-order valence-electron chi connectivity index (χ0n) is 64.1. The molecule has 20 unspecified atom stereocenters. The van der Waals surface area contributed by atoms with Crippen LogP contribution in [0.3, 0.4) is 0 Å². The van der Waals surface area contributed by atoms with E-state index in [4.69, 9.17) is 0 Å². The Kier molecular flexibility index (Phi) is 42.5. The van der Waals surface area contributed by atoms with Crippen LogP contribution >= 0.6 is 0 Å². The lowest BCUT2D eigenvalue weighted by Crippen LogP contribution is -2.49. The molecule has 12 nitrogen and oxygen atoms in total. The van der Waals surface area contributed by atoms with E-state index in [0.29, 0.717) is 144 Å². The molecule has 4 heterocycles. The second-order valence-corrected chi connectivity index (χ2v) is 33.5. The van der Waals surface area contributed by atoms with E-state index in [1.807, 2.05) is 0 Å². The normalized spacial score (nSPS) is 41.2. The van der Waals surface area contributed by atoms with Crippen LogP contribution in [-0.4, -0.2) is 72.5 Å². The van der Waals surface area contributed by atoms with Crippen LogP contribution in [0.5, 0.6) is 0 Å². The Morgan fingerprint density at radius 3 is 0.424 bits per heavy atom.